The number of terminal acetylenes is 1. The average molecular weight is 815 g/mol. The van der Waals surface area contributed by atoms with Crippen molar-refractivity contribution in [2.24, 2.45) is 0 Å². The normalized spacial score (nSPS) is 15.6. The van der Waals surface area contributed by atoms with Crippen LogP contribution in [0.3, 0.4) is 0 Å². The van der Waals surface area contributed by atoms with Crippen LogP contribution < -0.4 is 35.4 Å². The van der Waals surface area contributed by atoms with Gasteiger partial charge in [0.25, 0.3) is 17.7 Å². The SMILES string of the molecule is C#CCN1C(=O)COc2cc(F)c(N3C(=O)C4=C(CCCC4)C3=O)cc21.CCNc1nc(Cl)nc(NC(C)C)n1.C[S+](C)C.O=C(O)CNCP(=O)([O-])O. The molecule has 1 atom stereocenters. The van der Waals surface area contributed by atoms with Gasteiger partial charge in [0.1, 0.15) is 13.3 Å². The fraction of sp³-hybridized carbons (Fsp3) is 0.485. The van der Waals surface area contributed by atoms with Crippen LogP contribution in [-0.2, 0) is 34.6 Å². The Balaban J connectivity index is 0.000000303. The van der Waals surface area contributed by atoms with E-state index in [1.807, 2.05) is 26.1 Å². The minimum atomic E-state index is -4.35. The number of benzene rings is 1. The molecular weight excluding hydrogens is 770 g/mol. The number of nitrogens with one attached hydrogen (secondary N) is 3. The van der Waals surface area contributed by atoms with Gasteiger partial charge in [-0.15, -0.1) is 6.42 Å². The number of carboxylic acid groups (broad SMARTS) is 1. The van der Waals surface area contributed by atoms with E-state index in [0.717, 1.165) is 30.4 Å². The lowest BCUT2D eigenvalue weighted by molar-refractivity contribution is -0.193. The highest BCUT2D eigenvalue weighted by molar-refractivity contribution is 7.94. The molecule has 1 aromatic carbocycles. The van der Waals surface area contributed by atoms with Crippen LogP contribution in [0.5, 0.6) is 5.75 Å². The highest BCUT2D eigenvalue weighted by Crippen LogP contribution is 2.41. The van der Waals surface area contributed by atoms with Gasteiger partial charge in [-0.2, -0.15) is 15.0 Å². The largest absolute Gasteiger partial charge is 0.778 e. The number of nitrogens with zero attached hydrogens (tertiary/aromatic N) is 5. The number of hydrogen-bond acceptors (Lipinski definition) is 13. The van der Waals surface area contributed by atoms with E-state index in [1.54, 1.807) is 0 Å². The molecule has 1 aromatic heterocycles. The van der Waals surface area contributed by atoms with Gasteiger partial charge < -0.3 is 34.8 Å². The Morgan fingerprint density at radius 1 is 1.11 bits per heavy atom. The molecule has 0 saturated heterocycles. The van der Waals surface area contributed by atoms with Crippen molar-refractivity contribution >= 4 is 77.1 Å². The number of halogens is 2. The van der Waals surface area contributed by atoms with Crippen LogP contribution >= 0.6 is 19.2 Å². The van der Waals surface area contributed by atoms with E-state index in [9.17, 15) is 33.0 Å². The molecule has 3 aliphatic rings. The minimum absolute atomic E-state index is 0.0170. The van der Waals surface area contributed by atoms with Crippen molar-refractivity contribution in [3.05, 3.63) is 34.4 Å². The standard InChI is InChI=1S/C19H15FN2O4.C8H14ClN5.C3H8NO5P.C3H9S/c1-2-7-21-15-9-14(13(20)8-16(15)26-10-17(21)23)22-18(24)11-5-3-4-6-12(11)19(22)25;1-4-10-7-12-6(9)13-8(14-7)11-5(2)3;5-3(6)1-4-2-10(7,8)9;1-4(2)3/h1,8-9H,3-7,10H2;5H,4H2,1-3H3,(H2,10,11,12,13,14);4H,1-2H2,(H,5,6)(H2,7,8,9);1-3H3/q;;;+1/p-1. The molecule has 5 rings (SSSR count). The van der Waals surface area contributed by atoms with Crippen molar-refractivity contribution < 1.29 is 47.8 Å². The number of amides is 3. The summed E-state index contributed by atoms with van der Waals surface area (Å²) in [4.78, 5) is 79.3. The number of ether oxygens (including phenoxy) is 1. The topological polar surface area (TPSA) is 239 Å². The van der Waals surface area contributed by atoms with Crippen LogP contribution in [0.25, 0.3) is 0 Å². The fourth-order valence-electron chi connectivity index (χ4n) is 4.82. The summed E-state index contributed by atoms with van der Waals surface area (Å²) < 4.78 is 29.9. The average Bonchev–Trinajstić information content (AvgIpc) is 3.30. The Morgan fingerprint density at radius 2 is 1.69 bits per heavy atom. The van der Waals surface area contributed by atoms with E-state index in [1.165, 1.54) is 11.0 Å². The Morgan fingerprint density at radius 3 is 2.19 bits per heavy atom. The molecule has 21 heteroatoms. The molecule has 3 heterocycles. The van der Waals surface area contributed by atoms with Crippen molar-refractivity contribution in [1.29, 1.82) is 0 Å². The van der Waals surface area contributed by atoms with Crippen LogP contribution in [0.2, 0.25) is 5.28 Å². The summed E-state index contributed by atoms with van der Waals surface area (Å²) in [6, 6.07) is 2.63. The molecule has 1 aliphatic carbocycles. The molecule has 1 unspecified atom stereocenters. The summed E-state index contributed by atoms with van der Waals surface area (Å²) in [6.45, 7) is 5.98. The van der Waals surface area contributed by atoms with Crippen molar-refractivity contribution in [1.82, 2.24) is 20.3 Å². The molecule has 0 spiro atoms. The second-order valence-corrected chi connectivity index (χ2v) is 16.7. The molecule has 3 amide bonds. The smallest absolute Gasteiger partial charge is 0.317 e. The van der Waals surface area contributed by atoms with Crippen molar-refractivity contribution in [3.8, 4) is 18.1 Å². The molecule has 0 bridgehead atoms. The highest BCUT2D eigenvalue weighted by Gasteiger charge is 2.41. The Bertz CT molecular complexity index is 1770. The number of fused-ring (bicyclic) bond motifs is 1. The van der Waals surface area contributed by atoms with E-state index in [4.69, 9.17) is 32.8 Å². The van der Waals surface area contributed by atoms with E-state index in [2.05, 4.69) is 50.3 Å². The third-order valence-electron chi connectivity index (χ3n) is 6.80. The monoisotopic (exact) mass is 814 g/mol. The lowest BCUT2D eigenvalue weighted by atomic mass is 9.93. The number of carbonyl (C=O) groups excluding carboxylic acids is 3. The van der Waals surface area contributed by atoms with Crippen LogP contribution in [0.1, 0.15) is 46.5 Å². The lowest BCUT2D eigenvalue weighted by Crippen LogP contribution is -2.39. The molecule has 0 saturated carbocycles. The second-order valence-electron chi connectivity index (χ2n) is 12.3. The number of aromatic nitrogens is 3. The molecule has 5 N–H and O–H groups in total. The van der Waals surface area contributed by atoms with Crippen LogP contribution in [0.4, 0.5) is 27.7 Å². The van der Waals surface area contributed by atoms with Gasteiger partial charge in [-0.3, -0.25) is 29.4 Å². The van der Waals surface area contributed by atoms with Gasteiger partial charge in [0, 0.05) is 29.8 Å². The number of carboxylic acids is 1. The zero-order chi connectivity index (χ0) is 40.7. The number of anilines is 4. The van der Waals surface area contributed by atoms with Crippen molar-refractivity contribution in [2.75, 3.05) is 71.7 Å². The molecular formula is C33H45ClFN8O9PS. The summed E-state index contributed by atoms with van der Waals surface area (Å²) in [7, 11) is -3.71. The zero-order valence-corrected chi connectivity index (χ0v) is 33.2. The van der Waals surface area contributed by atoms with Gasteiger partial charge in [-0.1, -0.05) is 5.92 Å². The zero-order valence-electron chi connectivity index (χ0n) is 30.8. The van der Waals surface area contributed by atoms with E-state index >= 15 is 0 Å². The number of imide groups is 1. The molecule has 17 nitrogen and oxygen atoms in total. The van der Waals surface area contributed by atoms with Crippen LogP contribution in [0, 0.1) is 18.2 Å². The summed E-state index contributed by atoms with van der Waals surface area (Å²) in [6.07, 6.45) is 13.9. The van der Waals surface area contributed by atoms with E-state index in [0.29, 0.717) is 46.8 Å². The molecule has 0 radical (unpaired) electrons. The maximum atomic E-state index is 14.7. The van der Waals surface area contributed by atoms with Gasteiger partial charge in [0.05, 0.1) is 49.5 Å². The van der Waals surface area contributed by atoms with Gasteiger partial charge in [-0.05, 0) is 75.0 Å². The first kappa shape index (κ1) is 45.8. The summed E-state index contributed by atoms with van der Waals surface area (Å²) in [5, 5.41) is 16.2. The van der Waals surface area contributed by atoms with Gasteiger partial charge >= 0.3 is 5.97 Å². The second kappa shape index (κ2) is 21.5. The van der Waals surface area contributed by atoms with E-state index in [-0.39, 0.29) is 47.5 Å². The lowest BCUT2D eigenvalue weighted by Gasteiger charge is -2.29. The predicted octanol–water partition coefficient (Wildman–Crippen LogP) is 2.36. The van der Waals surface area contributed by atoms with Crippen LogP contribution in [-0.4, -0.2) is 106 Å². The fourth-order valence-corrected chi connectivity index (χ4v) is 5.37. The van der Waals surface area contributed by atoms with Crippen molar-refractivity contribution in [3.63, 3.8) is 0 Å². The third-order valence-corrected chi connectivity index (χ3v) is 7.59. The summed E-state index contributed by atoms with van der Waals surface area (Å²) in [5.74, 6) is 0.225. The summed E-state index contributed by atoms with van der Waals surface area (Å²) in [5.41, 5.74) is 0.992. The maximum absolute atomic E-state index is 14.7. The van der Waals surface area contributed by atoms with E-state index < -0.39 is 44.0 Å². The Hall–Kier alpha value is -4.31. The Kier molecular flexibility index (Phi) is 18.3. The molecule has 0 fully saturated rings. The molecule has 296 valence electrons. The number of carbonyl (C=O) groups is 4. The number of aliphatic carboxylic acids is 1. The summed E-state index contributed by atoms with van der Waals surface area (Å²) >= 11 is 5.73. The van der Waals surface area contributed by atoms with Crippen molar-refractivity contribution in [2.45, 2.75) is 52.5 Å². The van der Waals surface area contributed by atoms with Gasteiger partial charge in [0.15, 0.2) is 12.4 Å². The molecule has 2 aromatic rings. The predicted molar refractivity (Wildman–Crippen MR) is 204 cm³/mol. The first-order chi connectivity index (χ1) is 25.3. The maximum Gasteiger partial charge on any atom is 0.317 e. The quantitative estimate of drug-likeness (QED) is 0.100. The molecule has 54 heavy (non-hydrogen) atoms. The first-order valence-electron chi connectivity index (χ1n) is 16.5. The highest BCUT2D eigenvalue weighted by atomic mass is 35.5. The van der Waals surface area contributed by atoms with Crippen LogP contribution in [0.15, 0.2) is 23.3 Å². The Labute approximate surface area is 321 Å². The third kappa shape index (κ3) is 14.5. The molecule has 2 aliphatic heterocycles. The first-order valence-corrected chi connectivity index (χ1v) is 21.1. The number of rotatable bonds is 10. The number of hydrogen-bond donors (Lipinski definition) is 5. The minimum Gasteiger partial charge on any atom is -0.778 e. The van der Waals surface area contributed by atoms with Gasteiger partial charge in [-0.25, -0.2) is 9.29 Å². The van der Waals surface area contributed by atoms with Gasteiger partial charge in [0.2, 0.25) is 17.2 Å².